The second-order valence-electron chi connectivity index (χ2n) is 5.30. The van der Waals surface area contributed by atoms with Crippen molar-refractivity contribution in [3.63, 3.8) is 0 Å². The van der Waals surface area contributed by atoms with E-state index in [2.05, 4.69) is 0 Å². The Morgan fingerprint density at radius 2 is 1.88 bits per heavy atom. The van der Waals surface area contributed by atoms with Crippen LogP contribution in [0.5, 0.6) is 0 Å². The predicted octanol–water partition coefficient (Wildman–Crippen LogP) is 0.333. The molecule has 0 unspecified atom stereocenters. The normalized spacial score (nSPS) is 33.4. The second kappa shape index (κ2) is 3.30. The van der Waals surface area contributed by atoms with Crippen molar-refractivity contribution in [1.82, 2.24) is 4.90 Å². The molecular weight excluding hydrogens is 210 g/mol. The number of carbonyl (C=O) groups is 3. The maximum absolute atomic E-state index is 11.8. The van der Waals surface area contributed by atoms with Crippen molar-refractivity contribution in [2.75, 3.05) is 7.05 Å². The lowest BCUT2D eigenvalue weighted by molar-refractivity contribution is -0.156. The van der Waals surface area contributed by atoms with Gasteiger partial charge in [0, 0.05) is 7.05 Å². The molecule has 5 nitrogen and oxygen atoms in total. The minimum Gasteiger partial charge on any atom is -0.451 e. The number of nitrogens with zero attached hydrogens (tertiary/aromatic N) is 1. The molecule has 0 aliphatic carbocycles. The maximum atomic E-state index is 11.8. The van der Waals surface area contributed by atoms with Gasteiger partial charge in [-0.15, -0.1) is 0 Å². The van der Waals surface area contributed by atoms with Crippen molar-refractivity contribution in [3.05, 3.63) is 0 Å². The topological polar surface area (TPSA) is 63.7 Å². The largest absolute Gasteiger partial charge is 0.451 e. The molecule has 0 radical (unpaired) electrons. The number of imide groups is 1. The van der Waals surface area contributed by atoms with Crippen LogP contribution in [-0.2, 0) is 19.1 Å². The minimum absolute atomic E-state index is 0.238. The molecule has 0 bridgehead atoms. The van der Waals surface area contributed by atoms with Crippen molar-refractivity contribution in [2.45, 2.75) is 32.8 Å². The zero-order chi connectivity index (χ0) is 12.1. The molecule has 0 aromatic heterocycles. The first-order valence-electron chi connectivity index (χ1n) is 5.33. The van der Waals surface area contributed by atoms with Gasteiger partial charge in [-0.05, 0) is 11.8 Å². The van der Waals surface area contributed by atoms with Crippen LogP contribution in [0.1, 0.15) is 26.7 Å². The van der Waals surface area contributed by atoms with Crippen LogP contribution in [0.4, 0.5) is 0 Å². The Hall–Kier alpha value is -1.39. The molecule has 2 heterocycles. The number of likely N-dealkylation sites (N-methyl/N-ethyl adjacent to an activating group) is 1. The highest BCUT2D eigenvalue weighted by Crippen LogP contribution is 2.39. The first kappa shape index (κ1) is 11.1. The van der Waals surface area contributed by atoms with Crippen LogP contribution in [0.15, 0.2) is 0 Å². The van der Waals surface area contributed by atoms with Gasteiger partial charge in [-0.25, -0.2) is 0 Å². The van der Waals surface area contributed by atoms with Gasteiger partial charge in [-0.2, -0.15) is 0 Å². The van der Waals surface area contributed by atoms with Crippen molar-refractivity contribution in [3.8, 4) is 0 Å². The lowest BCUT2D eigenvalue weighted by atomic mass is 9.80. The Balaban J connectivity index is 2.34. The van der Waals surface area contributed by atoms with Gasteiger partial charge in [0.2, 0.25) is 5.91 Å². The Morgan fingerprint density at radius 1 is 1.25 bits per heavy atom. The zero-order valence-electron chi connectivity index (χ0n) is 9.65. The monoisotopic (exact) mass is 225 g/mol. The summed E-state index contributed by atoms with van der Waals surface area (Å²) >= 11 is 0. The molecule has 2 atom stereocenters. The molecule has 2 amide bonds. The number of rotatable bonds is 0. The fourth-order valence-electron chi connectivity index (χ4n) is 2.42. The molecule has 2 aliphatic heterocycles. The third-order valence-electron chi connectivity index (χ3n) is 3.24. The van der Waals surface area contributed by atoms with Gasteiger partial charge >= 0.3 is 5.97 Å². The highest BCUT2D eigenvalue weighted by Gasteiger charge is 2.52. The van der Waals surface area contributed by atoms with E-state index in [1.54, 1.807) is 0 Å². The van der Waals surface area contributed by atoms with E-state index in [0.717, 1.165) is 4.90 Å². The molecule has 2 rings (SSSR count). The molecule has 0 N–H and O–H groups in total. The smallest absolute Gasteiger partial charge is 0.307 e. The van der Waals surface area contributed by atoms with E-state index >= 15 is 0 Å². The van der Waals surface area contributed by atoms with Gasteiger partial charge in [0.25, 0.3) is 5.91 Å². The minimum atomic E-state index is -0.897. The molecule has 16 heavy (non-hydrogen) atoms. The summed E-state index contributed by atoms with van der Waals surface area (Å²) in [5.41, 5.74) is -0.294. The predicted molar refractivity (Wildman–Crippen MR) is 54.2 cm³/mol. The van der Waals surface area contributed by atoms with Gasteiger partial charge < -0.3 is 4.74 Å². The third kappa shape index (κ3) is 1.60. The van der Waals surface area contributed by atoms with E-state index < -0.39 is 23.9 Å². The fraction of sp³-hybridized carbons (Fsp3) is 0.727. The van der Waals surface area contributed by atoms with Crippen molar-refractivity contribution in [1.29, 1.82) is 0 Å². The number of carbonyl (C=O) groups excluding carboxylic acids is 3. The van der Waals surface area contributed by atoms with Crippen LogP contribution < -0.4 is 0 Å². The van der Waals surface area contributed by atoms with E-state index in [1.807, 2.05) is 13.8 Å². The number of hydrogen-bond donors (Lipinski definition) is 0. The summed E-state index contributed by atoms with van der Waals surface area (Å²) in [6, 6.07) is 0. The Bertz CT molecular complexity index is 374. The number of amides is 2. The van der Waals surface area contributed by atoms with E-state index in [1.165, 1.54) is 7.05 Å². The number of ether oxygens (including phenoxy) is 1. The molecule has 5 heteroatoms. The summed E-state index contributed by atoms with van der Waals surface area (Å²) in [5.74, 6) is -1.54. The van der Waals surface area contributed by atoms with Crippen LogP contribution in [0.3, 0.4) is 0 Å². The summed E-state index contributed by atoms with van der Waals surface area (Å²) in [6.07, 6.45) is -0.130. The van der Waals surface area contributed by atoms with Crippen molar-refractivity contribution in [2.24, 2.45) is 11.3 Å². The molecular formula is C11H15NO4. The summed E-state index contributed by atoms with van der Waals surface area (Å²) in [6.45, 7) is 3.82. The second-order valence-corrected chi connectivity index (χ2v) is 5.30. The third-order valence-corrected chi connectivity index (χ3v) is 3.24. The summed E-state index contributed by atoms with van der Waals surface area (Å²) in [4.78, 5) is 36.1. The summed E-state index contributed by atoms with van der Waals surface area (Å²) < 4.78 is 5.07. The van der Waals surface area contributed by atoms with Gasteiger partial charge in [0.05, 0.1) is 12.3 Å². The number of fused-ring (bicyclic) bond motifs is 1. The van der Waals surface area contributed by atoms with E-state index in [9.17, 15) is 14.4 Å². The molecule has 0 spiro atoms. The average Bonchev–Trinajstić information content (AvgIpc) is 2.35. The number of hydrogen-bond acceptors (Lipinski definition) is 4. The maximum Gasteiger partial charge on any atom is 0.307 e. The molecule has 0 aromatic carbocycles. The average molecular weight is 225 g/mol. The zero-order valence-corrected chi connectivity index (χ0v) is 9.65. The highest BCUT2D eigenvalue weighted by molar-refractivity contribution is 6.07. The lowest BCUT2D eigenvalue weighted by Gasteiger charge is -2.22. The molecule has 2 saturated heterocycles. The molecule has 2 fully saturated rings. The lowest BCUT2D eigenvalue weighted by Crippen LogP contribution is -2.30. The Labute approximate surface area is 93.7 Å². The number of likely N-dealkylation sites (tertiary alicyclic amines) is 1. The summed E-state index contributed by atoms with van der Waals surface area (Å²) in [7, 11) is 1.43. The standard InChI is InChI=1S/C11H15NO4/c1-11(2)4-6-8(16-7(13)5-11)10(15)12(3)9(6)14/h6,8H,4-5H2,1-3H3/t6-,8+/m1/s1. The first-order valence-corrected chi connectivity index (χ1v) is 5.33. The van der Waals surface area contributed by atoms with Gasteiger partial charge in [-0.3, -0.25) is 19.3 Å². The van der Waals surface area contributed by atoms with Crippen LogP contribution >= 0.6 is 0 Å². The molecule has 0 saturated carbocycles. The van der Waals surface area contributed by atoms with Crippen molar-refractivity contribution >= 4 is 17.8 Å². The van der Waals surface area contributed by atoms with Gasteiger partial charge in [0.15, 0.2) is 6.10 Å². The van der Waals surface area contributed by atoms with E-state index in [-0.39, 0.29) is 17.7 Å². The van der Waals surface area contributed by atoms with Crippen LogP contribution in [0.25, 0.3) is 0 Å². The van der Waals surface area contributed by atoms with Gasteiger partial charge in [-0.1, -0.05) is 13.8 Å². The van der Waals surface area contributed by atoms with Crippen LogP contribution in [0.2, 0.25) is 0 Å². The highest BCUT2D eigenvalue weighted by atomic mass is 16.6. The fourth-order valence-corrected chi connectivity index (χ4v) is 2.42. The summed E-state index contributed by atoms with van der Waals surface area (Å²) in [5, 5.41) is 0. The quantitative estimate of drug-likeness (QED) is 0.440. The van der Waals surface area contributed by atoms with Gasteiger partial charge in [0.1, 0.15) is 0 Å². The van der Waals surface area contributed by atoms with E-state index in [4.69, 9.17) is 4.74 Å². The molecule has 2 aliphatic rings. The first-order chi connectivity index (χ1) is 7.32. The Morgan fingerprint density at radius 3 is 2.50 bits per heavy atom. The van der Waals surface area contributed by atoms with Crippen molar-refractivity contribution < 1.29 is 19.1 Å². The Kier molecular flexibility index (Phi) is 2.29. The molecule has 0 aromatic rings. The van der Waals surface area contributed by atoms with Crippen LogP contribution in [0, 0.1) is 11.3 Å². The van der Waals surface area contributed by atoms with Crippen LogP contribution in [-0.4, -0.2) is 35.8 Å². The SMILES string of the molecule is CN1C(=O)[C@H]2OC(=O)CC(C)(C)C[C@H]2C1=O. The molecule has 88 valence electrons. The number of esters is 1. The van der Waals surface area contributed by atoms with E-state index in [0.29, 0.717) is 6.42 Å².